The summed E-state index contributed by atoms with van der Waals surface area (Å²) >= 11 is 0. The molecule has 2 unspecified atom stereocenters. The summed E-state index contributed by atoms with van der Waals surface area (Å²) in [4.78, 5) is 5.78. The van der Waals surface area contributed by atoms with Gasteiger partial charge < -0.3 is 16.3 Å². The van der Waals surface area contributed by atoms with Gasteiger partial charge in [0.2, 0.25) is 0 Å². The molecule has 20 heavy (non-hydrogen) atoms. The Balaban J connectivity index is 1.80. The molecule has 4 heteroatoms. The van der Waals surface area contributed by atoms with E-state index in [2.05, 4.69) is 17.6 Å². The predicted molar refractivity (Wildman–Crippen MR) is 81.1 cm³/mol. The molecule has 1 aliphatic rings. The van der Waals surface area contributed by atoms with Crippen molar-refractivity contribution in [3.8, 4) is 5.75 Å². The lowest BCUT2D eigenvalue weighted by atomic mass is 9.86. The largest absolute Gasteiger partial charge is 0.406 e. The first-order chi connectivity index (χ1) is 9.69. The number of fused-ring (bicyclic) bond motifs is 1. The molecule has 2 atom stereocenters. The molecule has 1 aliphatic carbocycles. The lowest BCUT2D eigenvalue weighted by molar-refractivity contribution is 0.0501. The Morgan fingerprint density at radius 1 is 1.10 bits per heavy atom. The van der Waals surface area contributed by atoms with Crippen LogP contribution in [0.1, 0.15) is 25.7 Å². The van der Waals surface area contributed by atoms with Crippen molar-refractivity contribution in [2.75, 3.05) is 0 Å². The molecule has 5 N–H and O–H groups in total. The minimum absolute atomic E-state index is 0.0776. The minimum Gasteiger partial charge on any atom is -0.406 e. The quantitative estimate of drug-likeness (QED) is 0.591. The van der Waals surface area contributed by atoms with Crippen LogP contribution >= 0.6 is 0 Å². The number of benzene rings is 2. The van der Waals surface area contributed by atoms with Crippen LogP contribution in [0.15, 0.2) is 42.5 Å². The van der Waals surface area contributed by atoms with E-state index in [0.717, 1.165) is 42.2 Å². The van der Waals surface area contributed by atoms with Gasteiger partial charge in [-0.05, 0) is 24.3 Å². The topological polar surface area (TPSA) is 73.3 Å². The number of nitrogens with two attached hydrogens (primary N) is 2. The third-order valence-corrected chi connectivity index (χ3v) is 4.12. The lowest BCUT2D eigenvalue weighted by Gasteiger charge is -2.38. The second kappa shape index (κ2) is 5.40. The summed E-state index contributed by atoms with van der Waals surface area (Å²) in [5.41, 5.74) is 14.8. The van der Waals surface area contributed by atoms with E-state index in [0.29, 0.717) is 0 Å². The molecule has 0 spiro atoms. The Morgan fingerprint density at radius 3 is 2.75 bits per heavy atom. The average molecular weight is 271 g/mol. The van der Waals surface area contributed by atoms with Crippen LogP contribution in [0.5, 0.6) is 5.75 Å². The summed E-state index contributed by atoms with van der Waals surface area (Å²) in [5.74, 6) is 0.783. The summed E-state index contributed by atoms with van der Waals surface area (Å²) in [5, 5.41) is 2.21. The van der Waals surface area contributed by atoms with Crippen molar-refractivity contribution in [1.82, 2.24) is 5.48 Å². The maximum Gasteiger partial charge on any atom is 0.155 e. The zero-order valence-corrected chi connectivity index (χ0v) is 11.5. The second-order valence-corrected chi connectivity index (χ2v) is 5.57. The summed E-state index contributed by atoms with van der Waals surface area (Å²) < 4.78 is 0. The van der Waals surface area contributed by atoms with Crippen LogP contribution in [-0.2, 0) is 0 Å². The van der Waals surface area contributed by atoms with Gasteiger partial charge in [-0.15, -0.1) is 5.48 Å². The first kappa shape index (κ1) is 13.4. The molecule has 1 saturated carbocycles. The highest BCUT2D eigenvalue weighted by atomic mass is 16.7. The van der Waals surface area contributed by atoms with Gasteiger partial charge in [0.15, 0.2) is 5.75 Å². The van der Waals surface area contributed by atoms with Gasteiger partial charge in [-0.2, -0.15) is 0 Å². The van der Waals surface area contributed by atoms with Gasteiger partial charge in [0, 0.05) is 11.4 Å². The monoisotopic (exact) mass is 271 g/mol. The van der Waals surface area contributed by atoms with Crippen molar-refractivity contribution in [1.29, 1.82) is 0 Å². The Morgan fingerprint density at radius 2 is 1.90 bits per heavy atom. The van der Waals surface area contributed by atoms with Crippen LogP contribution in [0, 0.1) is 0 Å². The van der Waals surface area contributed by atoms with Crippen molar-refractivity contribution in [2.45, 2.75) is 37.4 Å². The highest BCUT2D eigenvalue weighted by molar-refractivity contribution is 5.88. The number of hydrogen-bond acceptors (Lipinski definition) is 4. The summed E-state index contributed by atoms with van der Waals surface area (Å²) in [6.45, 7) is 0. The first-order valence-corrected chi connectivity index (χ1v) is 7.15. The van der Waals surface area contributed by atoms with Crippen LogP contribution < -0.4 is 21.8 Å². The summed E-state index contributed by atoms with van der Waals surface area (Å²) in [6, 6.07) is 14.0. The Labute approximate surface area is 119 Å². The van der Waals surface area contributed by atoms with Gasteiger partial charge in [0.05, 0.1) is 0 Å². The zero-order valence-electron chi connectivity index (χ0n) is 11.5. The van der Waals surface area contributed by atoms with Gasteiger partial charge in [-0.3, -0.25) is 0 Å². The fraction of sp³-hybridized carbons (Fsp3) is 0.375. The molecule has 0 radical (unpaired) electrons. The number of nitrogens with one attached hydrogen (secondary N) is 1. The van der Waals surface area contributed by atoms with E-state index < -0.39 is 5.66 Å². The molecule has 4 nitrogen and oxygen atoms in total. The van der Waals surface area contributed by atoms with Crippen LogP contribution in [-0.4, -0.2) is 11.7 Å². The smallest absolute Gasteiger partial charge is 0.155 e. The Hall–Kier alpha value is -1.62. The molecule has 2 aromatic carbocycles. The fourth-order valence-electron chi connectivity index (χ4n) is 2.79. The van der Waals surface area contributed by atoms with Crippen LogP contribution in [0.3, 0.4) is 0 Å². The maximum atomic E-state index is 6.33. The molecule has 1 fully saturated rings. The van der Waals surface area contributed by atoms with E-state index in [1.54, 1.807) is 0 Å². The summed E-state index contributed by atoms with van der Waals surface area (Å²) in [7, 11) is 0. The minimum atomic E-state index is -0.644. The highest BCUT2D eigenvalue weighted by Gasteiger charge is 2.35. The van der Waals surface area contributed by atoms with E-state index in [9.17, 15) is 0 Å². The molecular weight excluding hydrogens is 250 g/mol. The van der Waals surface area contributed by atoms with E-state index in [-0.39, 0.29) is 6.04 Å². The molecule has 0 aliphatic heterocycles. The van der Waals surface area contributed by atoms with Crippen LogP contribution in [0.4, 0.5) is 0 Å². The second-order valence-electron chi connectivity index (χ2n) is 5.57. The molecular formula is C16H21N3O. The molecule has 3 rings (SSSR count). The predicted octanol–water partition coefficient (Wildman–Crippen LogP) is 2.28. The van der Waals surface area contributed by atoms with Gasteiger partial charge in [-0.1, -0.05) is 49.2 Å². The normalized spacial score (nSPS) is 26.6. The molecule has 2 aromatic rings. The SMILES string of the molecule is NC1CCCCC1(N)NOc1cccc2ccccc12. The van der Waals surface area contributed by atoms with Crippen LogP contribution in [0.2, 0.25) is 0 Å². The van der Waals surface area contributed by atoms with Gasteiger partial charge >= 0.3 is 0 Å². The highest BCUT2D eigenvalue weighted by Crippen LogP contribution is 2.27. The zero-order chi connectivity index (χ0) is 14.0. The van der Waals surface area contributed by atoms with Crippen molar-refractivity contribution in [2.24, 2.45) is 11.5 Å². The Kier molecular flexibility index (Phi) is 3.61. The van der Waals surface area contributed by atoms with E-state index in [1.807, 2.05) is 30.3 Å². The number of rotatable bonds is 3. The van der Waals surface area contributed by atoms with Crippen molar-refractivity contribution in [3.63, 3.8) is 0 Å². The van der Waals surface area contributed by atoms with Gasteiger partial charge in [-0.25, -0.2) is 0 Å². The van der Waals surface area contributed by atoms with Crippen molar-refractivity contribution < 1.29 is 4.84 Å². The first-order valence-electron chi connectivity index (χ1n) is 7.15. The molecule has 0 heterocycles. The number of hydrogen-bond donors (Lipinski definition) is 3. The number of hydroxylamine groups is 1. The third-order valence-electron chi connectivity index (χ3n) is 4.12. The van der Waals surface area contributed by atoms with Crippen molar-refractivity contribution >= 4 is 10.8 Å². The van der Waals surface area contributed by atoms with Gasteiger partial charge in [0.25, 0.3) is 0 Å². The van der Waals surface area contributed by atoms with Crippen molar-refractivity contribution in [3.05, 3.63) is 42.5 Å². The standard InChI is InChI=1S/C16H21N3O/c17-15-10-3-4-11-16(15,18)19-20-14-9-5-7-12-6-1-2-8-13(12)14/h1-2,5-9,15,19H,3-4,10-11,17-18H2. The molecule has 0 saturated heterocycles. The molecule has 106 valence electrons. The van der Waals surface area contributed by atoms with E-state index >= 15 is 0 Å². The molecule has 0 bridgehead atoms. The molecule has 0 amide bonds. The Bertz CT molecular complexity index is 596. The average Bonchev–Trinajstić information content (AvgIpc) is 2.48. The van der Waals surface area contributed by atoms with Crippen LogP contribution in [0.25, 0.3) is 10.8 Å². The third kappa shape index (κ3) is 2.50. The molecule has 0 aromatic heterocycles. The van der Waals surface area contributed by atoms with Gasteiger partial charge in [0.1, 0.15) is 5.66 Å². The van der Waals surface area contributed by atoms with E-state index in [4.69, 9.17) is 16.3 Å². The summed E-state index contributed by atoms with van der Waals surface area (Å²) in [6.07, 6.45) is 3.98. The lowest BCUT2D eigenvalue weighted by Crippen LogP contribution is -2.66. The maximum absolute atomic E-state index is 6.33. The van der Waals surface area contributed by atoms with E-state index in [1.165, 1.54) is 0 Å². The fourth-order valence-corrected chi connectivity index (χ4v) is 2.79.